The van der Waals surface area contributed by atoms with Crippen LogP contribution in [0.3, 0.4) is 0 Å². The fourth-order valence-electron chi connectivity index (χ4n) is 2.58. The molecule has 118 valence electrons. The van der Waals surface area contributed by atoms with Crippen molar-refractivity contribution in [1.82, 2.24) is 19.6 Å². The highest BCUT2D eigenvalue weighted by Crippen LogP contribution is 2.31. The first kappa shape index (κ1) is 15.7. The van der Waals surface area contributed by atoms with Crippen molar-refractivity contribution >= 4 is 6.03 Å². The van der Waals surface area contributed by atoms with Crippen LogP contribution >= 0.6 is 0 Å². The minimum absolute atomic E-state index is 0.0679. The van der Waals surface area contributed by atoms with E-state index in [0.717, 1.165) is 6.07 Å². The van der Waals surface area contributed by atoms with Gasteiger partial charge in [-0.1, -0.05) is 0 Å². The fourth-order valence-corrected chi connectivity index (χ4v) is 2.58. The molecule has 5 nitrogen and oxygen atoms in total. The van der Waals surface area contributed by atoms with Crippen molar-refractivity contribution in [2.45, 2.75) is 32.0 Å². The molecule has 1 aromatic rings. The number of amides is 2. The van der Waals surface area contributed by atoms with E-state index in [4.69, 9.17) is 0 Å². The monoisotopic (exact) mass is 304 g/mol. The topological polar surface area (TPSA) is 41.4 Å². The summed E-state index contributed by atoms with van der Waals surface area (Å²) in [6, 6.07) is 0.908. The minimum atomic E-state index is -4.42. The molecule has 2 heterocycles. The van der Waals surface area contributed by atoms with Crippen LogP contribution in [0.2, 0.25) is 0 Å². The molecule has 0 aliphatic carbocycles. The van der Waals surface area contributed by atoms with E-state index in [0.29, 0.717) is 31.6 Å². The molecule has 8 heteroatoms. The molecule has 0 unspecified atom stereocenters. The van der Waals surface area contributed by atoms with Gasteiger partial charge in [-0.05, 0) is 25.8 Å². The van der Waals surface area contributed by atoms with E-state index in [1.165, 1.54) is 9.58 Å². The first-order valence-corrected chi connectivity index (χ1v) is 6.79. The molecular weight excluding hydrogens is 285 g/mol. The first-order chi connectivity index (χ1) is 9.70. The summed E-state index contributed by atoms with van der Waals surface area (Å²) in [6.45, 7) is 2.68. The normalized spacial score (nSPS) is 17.1. The number of carbonyl (C=O) groups excluding carboxylic acids is 1. The number of piperidine rings is 1. The molecular formula is C13H19F3N4O. The number of hydrogen-bond donors (Lipinski definition) is 0. The number of hydrogen-bond acceptors (Lipinski definition) is 2. The molecule has 0 N–H and O–H groups in total. The standard InChI is InChI=1S/C13H19F3N4O/c1-9-8-11(13(14,15)16)17-20(9)10-4-6-19(7-5-10)12(21)18(2)3/h8,10H,4-7H2,1-3H3. The van der Waals surface area contributed by atoms with Gasteiger partial charge >= 0.3 is 12.2 Å². The second-order valence-electron chi connectivity index (χ2n) is 5.51. The van der Waals surface area contributed by atoms with Crippen molar-refractivity contribution in [3.05, 3.63) is 17.5 Å². The zero-order valence-electron chi connectivity index (χ0n) is 12.3. The van der Waals surface area contributed by atoms with E-state index in [-0.39, 0.29) is 12.1 Å². The third kappa shape index (κ3) is 3.30. The molecule has 2 rings (SSSR count). The van der Waals surface area contributed by atoms with Gasteiger partial charge in [0.2, 0.25) is 0 Å². The Bertz CT molecular complexity index is 516. The van der Waals surface area contributed by atoms with Crippen LogP contribution in [0.5, 0.6) is 0 Å². The lowest BCUT2D eigenvalue weighted by Gasteiger charge is -2.34. The first-order valence-electron chi connectivity index (χ1n) is 6.79. The van der Waals surface area contributed by atoms with E-state index >= 15 is 0 Å². The highest BCUT2D eigenvalue weighted by atomic mass is 19.4. The van der Waals surface area contributed by atoms with Crippen molar-refractivity contribution in [3.63, 3.8) is 0 Å². The molecule has 21 heavy (non-hydrogen) atoms. The van der Waals surface area contributed by atoms with Gasteiger partial charge in [-0.25, -0.2) is 4.79 Å². The van der Waals surface area contributed by atoms with Crippen molar-refractivity contribution in [2.75, 3.05) is 27.2 Å². The van der Waals surface area contributed by atoms with E-state index in [1.54, 1.807) is 25.9 Å². The number of alkyl halides is 3. The summed E-state index contributed by atoms with van der Waals surface area (Å²) in [4.78, 5) is 15.0. The Kier molecular flexibility index (Phi) is 4.15. The lowest BCUT2D eigenvalue weighted by atomic mass is 10.1. The van der Waals surface area contributed by atoms with Gasteiger partial charge in [0.25, 0.3) is 0 Å². The van der Waals surface area contributed by atoms with Crippen molar-refractivity contribution < 1.29 is 18.0 Å². The maximum Gasteiger partial charge on any atom is 0.435 e. The molecule has 0 saturated carbocycles. The SMILES string of the molecule is Cc1cc(C(F)(F)F)nn1C1CCN(C(=O)N(C)C)CC1. The third-order valence-electron chi connectivity index (χ3n) is 3.68. The van der Waals surface area contributed by atoms with Gasteiger partial charge < -0.3 is 9.80 Å². The zero-order chi connectivity index (χ0) is 15.8. The van der Waals surface area contributed by atoms with Crippen LogP contribution < -0.4 is 0 Å². The van der Waals surface area contributed by atoms with Gasteiger partial charge in [0.15, 0.2) is 5.69 Å². The number of likely N-dealkylation sites (tertiary alicyclic amines) is 1. The van der Waals surface area contributed by atoms with Crippen LogP contribution in [-0.2, 0) is 6.18 Å². The maximum absolute atomic E-state index is 12.7. The second kappa shape index (κ2) is 5.57. The van der Waals surface area contributed by atoms with Gasteiger partial charge in [-0.3, -0.25) is 4.68 Å². The molecule has 1 aliphatic heterocycles. The molecule has 0 spiro atoms. The summed E-state index contributed by atoms with van der Waals surface area (Å²) in [5.41, 5.74) is -0.355. The molecule has 0 bridgehead atoms. The lowest BCUT2D eigenvalue weighted by Crippen LogP contribution is -2.44. The number of aromatic nitrogens is 2. The second-order valence-corrected chi connectivity index (χ2v) is 5.51. The predicted molar refractivity (Wildman–Crippen MR) is 70.9 cm³/mol. The quantitative estimate of drug-likeness (QED) is 0.800. The highest BCUT2D eigenvalue weighted by molar-refractivity contribution is 5.73. The molecule has 0 radical (unpaired) electrons. The Balaban J connectivity index is 2.06. The van der Waals surface area contributed by atoms with Crippen molar-refractivity contribution in [1.29, 1.82) is 0 Å². The Morgan fingerprint density at radius 2 is 1.90 bits per heavy atom. The van der Waals surface area contributed by atoms with E-state index in [2.05, 4.69) is 5.10 Å². The average molecular weight is 304 g/mol. The fraction of sp³-hybridized carbons (Fsp3) is 0.692. The van der Waals surface area contributed by atoms with Gasteiger partial charge in [0.1, 0.15) is 0 Å². The molecule has 0 atom stereocenters. The average Bonchev–Trinajstić information content (AvgIpc) is 2.80. The van der Waals surface area contributed by atoms with Gasteiger partial charge in [-0.2, -0.15) is 18.3 Å². The van der Waals surface area contributed by atoms with E-state index in [9.17, 15) is 18.0 Å². The van der Waals surface area contributed by atoms with E-state index < -0.39 is 11.9 Å². The summed E-state index contributed by atoms with van der Waals surface area (Å²) in [5.74, 6) is 0. The van der Waals surface area contributed by atoms with Crippen LogP contribution in [0.1, 0.15) is 30.3 Å². The Morgan fingerprint density at radius 3 is 2.33 bits per heavy atom. The van der Waals surface area contributed by atoms with Crippen molar-refractivity contribution in [3.8, 4) is 0 Å². The Morgan fingerprint density at radius 1 is 1.33 bits per heavy atom. The van der Waals surface area contributed by atoms with Crippen LogP contribution in [0, 0.1) is 6.92 Å². The Labute approximate surface area is 121 Å². The zero-order valence-corrected chi connectivity index (χ0v) is 12.3. The number of carbonyl (C=O) groups is 1. The Hall–Kier alpha value is -1.73. The van der Waals surface area contributed by atoms with Gasteiger partial charge in [-0.15, -0.1) is 0 Å². The largest absolute Gasteiger partial charge is 0.435 e. The summed E-state index contributed by atoms with van der Waals surface area (Å²) < 4.78 is 39.5. The van der Waals surface area contributed by atoms with Gasteiger partial charge in [0, 0.05) is 32.9 Å². The van der Waals surface area contributed by atoms with Crippen LogP contribution in [0.15, 0.2) is 6.07 Å². The third-order valence-corrected chi connectivity index (χ3v) is 3.68. The van der Waals surface area contributed by atoms with Crippen LogP contribution in [0.4, 0.5) is 18.0 Å². The summed E-state index contributed by atoms with van der Waals surface area (Å²) in [6.07, 6.45) is -3.20. The number of nitrogens with zero attached hydrogens (tertiary/aromatic N) is 4. The molecule has 1 saturated heterocycles. The van der Waals surface area contributed by atoms with Crippen molar-refractivity contribution in [2.24, 2.45) is 0 Å². The molecule has 2 amide bonds. The summed E-state index contributed by atoms with van der Waals surface area (Å²) >= 11 is 0. The molecule has 1 fully saturated rings. The maximum atomic E-state index is 12.7. The number of aryl methyl sites for hydroxylation is 1. The van der Waals surface area contributed by atoms with Gasteiger partial charge in [0.05, 0.1) is 6.04 Å². The summed E-state index contributed by atoms with van der Waals surface area (Å²) in [5, 5.41) is 3.69. The smallest absolute Gasteiger partial charge is 0.331 e. The number of rotatable bonds is 1. The van der Waals surface area contributed by atoms with E-state index in [1.807, 2.05) is 0 Å². The molecule has 1 aromatic heterocycles. The number of halogens is 3. The lowest BCUT2D eigenvalue weighted by molar-refractivity contribution is -0.141. The molecule has 0 aromatic carbocycles. The summed E-state index contributed by atoms with van der Waals surface area (Å²) in [7, 11) is 3.36. The minimum Gasteiger partial charge on any atom is -0.331 e. The van der Waals surface area contributed by atoms with Crippen LogP contribution in [0.25, 0.3) is 0 Å². The highest BCUT2D eigenvalue weighted by Gasteiger charge is 2.35. The number of urea groups is 1. The molecule has 1 aliphatic rings. The predicted octanol–water partition coefficient (Wildman–Crippen LogP) is 2.53. The van der Waals surface area contributed by atoms with Crippen LogP contribution in [-0.4, -0.2) is 52.8 Å².